The molecule has 2 bridgehead atoms. The molecule has 2 aliphatic rings. The molecule has 0 N–H and O–H groups in total. The number of benzene rings is 1. The summed E-state index contributed by atoms with van der Waals surface area (Å²) in [6, 6.07) is 8.44. The van der Waals surface area contributed by atoms with E-state index in [1.807, 2.05) is 49.9 Å². The average Bonchev–Trinajstić information content (AvgIpc) is 2.79. The fraction of sp³-hybridized carbons (Fsp3) is 0.650. The van der Waals surface area contributed by atoms with Crippen LogP contribution in [0, 0.1) is 0 Å². The number of fused-ring (bicyclic) bond motifs is 2. The van der Waals surface area contributed by atoms with E-state index in [1.54, 1.807) is 7.11 Å². The summed E-state index contributed by atoms with van der Waals surface area (Å²) in [4.78, 5) is 14.5. The van der Waals surface area contributed by atoms with Crippen molar-refractivity contribution in [2.75, 3.05) is 7.11 Å². The third-order valence-corrected chi connectivity index (χ3v) is 4.86. The number of carbonyl (C=O) groups is 1. The van der Waals surface area contributed by atoms with Crippen LogP contribution in [-0.2, 0) is 16.1 Å². The largest absolute Gasteiger partial charge is 0.490 e. The highest BCUT2D eigenvalue weighted by Gasteiger charge is 2.45. The molecule has 0 aromatic heterocycles. The van der Waals surface area contributed by atoms with Gasteiger partial charge in [-0.25, -0.2) is 4.79 Å². The van der Waals surface area contributed by atoms with Crippen LogP contribution >= 0.6 is 0 Å². The Morgan fingerprint density at radius 3 is 2.40 bits per heavy atom. The van der Waals surface area contributed by atoms with E-state index in [1.165, 1.54) is 0 Å². The van der Waals surface area contributed by atoms with Crippen LogP contribution in [0.5, 0.6) is 5.75 Å². The summed E-state index contributed by atoms with van der Waals surface area (Å²) in [5, 5.41) is 0. The minimum atomic E-state index is -0.455. The van der Waals surface area contributed by atoms with Crippen molar-refractivity contribution in [2.45, 2.75) is 76.9 Å². The van der Waals surface area contributed by atoms with Crippen LogP contribution < -0.4 is 4.74 Å². The van der Waals surface area contributed by atoms with E-state index in [2.05, 4.69) is 0 Å². The van der Waals surface area contributed by atoms with Crippen LogP contribution in [0.25, 0.3) is 0 Å². The Kier molecular flexibility index (Phi) is 5.23. The molecule has 5 heteroatoms. The Balaban J connectivity index is 1.65. The van der Waals surface area contributed by atoms with E-state index >= 15 is 0 Å². The first-order valence-electron chi connectivity index (χ1n) is 9.12. The molecule has 2 fully saturated rings. The van der Waals surface area contributed by atoms with Crippen molar-refractivity contribution in [2.24, 2.45) is 0 Å². The predicted octanol–water partition coefficient (Wildman–Crippen LogP) is 4.14. The maximum atomic E-state index is 12.5. The predicted molar refractivity (Wildman–Crippen MR) is 95.7 cm³/mol. The molecule has 1 aromatic rings. The summed E-state index contributed by atoms with van der Waals surface area (Å²) in [5.41, 5.74) is 0.607. The van der Waals surface area contributed by atoms with Crippen LogP contribution in [0.2, 0.25) is 0 Å². The minimum Gasteiger partial charge on any atom is -0.490 e. The van der Waals surface area contributed by atoms with Crippen molar-refractivity contribution in [3.63, 3.8) is 0 Å². The van der Waals surface area contributed by atoms with E-state index in [0.29, 0.717) is 6.61 Å². The van der Waals surface area contributed by atoms with Crippen molar-refractivity contribution in [3.8, 4) is 5.75 Å². The monoisotopic (exact) mass is 347 g/mol. The van der Waals surface area contributed by atoms with E-state index in [-0.39, 0.29) is 24.3 Å². The van der Waals surface area contributed by atoms with Crippen LogP contribution in [0.3, 0.4) is 0 Å². The second kappa shape index (κ2) is 7.24. The van der Waals surface area contributed by atoms with Gasteiger partial charge in [0.1, 0.15) is 17.5 Å². The molecule has 2 heterocycles. The number of piperidine rings is 1. The SMILES string of the molecule is COCc1ccccc1OC1C[C@H]2CC[C@@H](C1)N2C(=O)OC(C)(C)C. The zero-order valence-corrected chi connectivity index (χ0v) is 15.7. The number of nitrogens with zero attached hydrogens (tertiary/aromatic N) is 1. The van der Waals surface area contributed by atoms with Crippen molar-refractivity contribution < 1.29 is 19.0 Å². The highest BCUT2D eigenvalue weighted by molar-refractivity contribution is 5.69. The molecular formula is C20H29NO4. The smallest absolute Gasteiger partial charge is 0.410 e. The number of para-hydroxylation sites is 1. The Hall–Kier alpha value is -1.75. The third-order valence-electron chi connectivity index (χ3n) is 4.86. The summed E-state index contributed by atoms with van der Waals surface area (Å²) >= 11 is 0. The van der Waals surface area contributed by atoms with Crippen LogP contribution in [0.1, 0.15) is 52.0 Å². The third kappa shape index (κ3) is 4.27. The number of rotatable bonds is 4. The number of hydrogen-bond donors (Lipinski definition) is 0. The summed E-state index contributed by atoms with van der Waals surface area (Å²) in [5.74, 6) is 0.888. The molecule has 5 nitrogen and oxygen atoms in total. The van der Waals surface area contributed by atoms with Gasteiger partial charge in [-0.2, -0.15) is 0 Å². The molecule has 2 aliphatic heterocycles. The zero-order chi connectivity index (χ0) is 18.0. The van der Waals surface area contributed by atoms with Gasteiger partial charge in [0.2, 0.25) is 0 Å². The second-order valence-corrected chi connectivity index (χ2v) is 8.02. The Bertz CT molecular complexity index is 596. The number of ether oxygens (including phenoxy) is 3. The standard InChI is InChI=1S/C20H29NO4/c1-20(2,3)25-19(22)21-15-9-10-16(21)12-17(11-15)24-18-8-6-5-7-14(18)13-23-4/h5-8,15-17H,9-13H2,1-4H3/t15-,16+,17?. The topological polar surface area (TPSA) is 48.0 Å². The lowest BCUT2D eigenvalue weighted by Gasteiger charge is -2.39. The van der Waals surface area contributed by atoms with Crippen molar-refractivity contribution in [3.05, 3.63) is 29.8 Å². The van der Waals surface area contributed by atoms with Gasteiger partial charge in [0.25, 0.3) is 0 Å². The number of carbonyl (C=O) groups excluding carboxylic acids is 1. The maximum Gasteiger partial charge on any atom is 0.410 e. The molecule has 0 spiro atoms. The molecule has 1 unspecified atom stereocenters. The molecule has 1 amide bonds. The molecule has 0 radical (unpaired) electrons. The summed E-state index contributed by atoms with van der Waals surface area (Å²) < 4.78 is 17.1. The van der Waals surface area contributed by atoms with Crippen LogP contribution in [-0.4, -0.2) is 41.9 Å². The first-order valence-corrected chi connectivity index (χ1v) is 9.12. The van der Waals surface area contributed by atoms with Crippen LogP contribution in [0.15, 0.2) is 24.3 Å². The molecule has 3 atom stereocenters. The Morgan fingerprint density at radius 1 is 1.16 bits per heavy atom. The van der Waals surface area contributed by atoms with E-state index in [4.69, 9.17) is 14.2 Å². The van der Waals surface area contributed by atoms with Gasteiger partial charge in [0, 0.05) is 37.6 Å². The Morgan fingerprint density at radius 2 is 1.80 bits per heavy atom. The molecule has 0 aliphatic carbocycles. The minimum absolute atomic E-state index is 0.134. The van der Waals surface area contributed by atoms with Gasteiger partial charge >= 0.3 is 6.09 Å². The lowest BCUT2D eigenvalue weighted by molar-refractivity contribution is -0.00734. The van der Waals surface area contributed by atoms with Gasteiger partial charge in [-0.3, -0.25) is 0 Å². The molecule has 1 aromatic carbocycles. The van der Waals surface area contributed by atoms with Gasteiger partial charge in [-0.05, 0) is 39.7 Å². The molecule has 25 heavy (non-hydrogen) atoms. The van der Waals surface area contributed by atoms with Gasteiger partial charge < -0.3 is 19.1 Å². The molecule has 2 saturated heterocycles. The fourth-order valence-corrected chi connectivity index (χ4v) is 3.91. The number of hydrogen-bond acceptors (Lipinski definition) is 4. The fourth-order valence-electron chi connectivity index (χ4n) is 3.91. The highest BCUT2D eigenvalue weighted by atomic mass is 16.6. The first kappa shape index (κ1) is 18.1. The lowest BCUT2D eigenvalue weighted by Crippen LogP contribution is -2.50. The molecule has 138 valence electrons. The van der Waals surface area contributed by atoms with Crippen LogP contribution in [0.4, 0.5) is 4.79 Å². The van der Waals surface area contributed by atoms with Gasteiger partial charge in [0.05, 0.1) is 6.61 Å². The molecule has 3 rings (SSSR count). The van der Waals surface area contributed by atoms with E-state index < -0.39 is 5.60 Å². The number of amides is 1. The van der Waals surface area contributed by atoms with Gasteiger partial charge in [-0.15, -0.1) is 0 Å². The van der Waals surface area contributed by atoms with Gasteiger partial charge in [-0.1, -0.05) is 18.2 Å². The maximum absolute atomic E-state index is 12.5. The quantitative estimate of drug-likeness (QED) is 0.821. The average molecular weight is 347 g/mol. The summed E-state index contributed by atoms with van der Waals surface area (Å²) in [6.07, 6.45) is 3.73. The lowest BCUT2D eigenvalue weighted by atomic mass is 10.00. The summed E-state index contributed by atoms with van der Waals surface area (Å²) in [7, 11) is 1.69. The normalized spacial score (nSPS) is 25.8. The number of methoxy groups -OCH3 is 1. The van der Waals surface area contributed by atoms with E-state index in [9.17, 15) is 4.79 Å². The van der Waals surface area contributed by atoms with Crippen molar-refractivity contribution >= 4 is 6.09 Å². The molecule has 0 saturated carbocycles. The Labute approximate surface area is 150 Å². The molecular weight excluding hydrogens is 318 g/mol. The van der Waals surface area contributed by atoms with E-state index in [0.717, 1.165) is 37.0 Å². The first-order chi connectivity index (χ1) is 11.9. The van der Waals surface area contributed by atoms with Crippen molar-refractivity contribution in [1.82, 2.24) is 4.90 Å². The summed E-state index contributed by atoms with van der Waals surface area (Å²) in [6.45, 7) is 6.28. The highest BCUT2D eigenvalue weighted by Crippen LogP contribution is 2.38. The van der Waals surface area contributed by atoms with Gasteiger partial charge in [0.15, 0.2) is 0 Å². The zero-order valence-electron chi connectivity index (χ0n) is 15.7. The second-order valence-electron chi connectivity index (χ2n) is 8.02. The van der Waals surface area contributed by atoms with Crippen molar-refractivity contribution in [1.29, 1.82) is 0 Å².